The highest BCUT2D eigenvalue weighted by Crippen LogP contribution is 2.30. The Bertz CT molecular complexity index is 438. The van der Waals surface area contributed by atoms with Gasteiger partial charge in [0.2, 0.25) is 5.76 Å². The molecule has 0 radical (unpaired) electrons. The number of hydrogen-bond acceptors (Lipinski definition) is 6. The van der Waals surface area contributed by atoms with E-state index in [1.807, 2.05) is 6.92 Å². The minimum Gasteiger partial charge on any atom is -0.505 e. The summed E-state index contributed by atoms with van der Waals surface area (Å²) in [4.78, 5) is 11.6. The largest absolute Gasteiger partial charge is 0.505 e. The first kappa shape index (κ1) is 22.2. The summed E-state index contributed by atoms with van der Waals surface area (Å²) in [6.07, 6.45) is 8.85. The summed E-state index contributed by atoms with van der Waals surface area (Å²) in [5.41, 5.74) is 0. The smallest absolute Gasteiger partial charge is 0.378 e. The number of aliphatic hydroxyl groups excluding tert-OH is 2. The zero-order chi connectivity index (χ0) is 18.8. The highest BCUT2D eigenvalue weighted by atomic mass is 32.1. The van der Waals surface area contributed by atoms with Gasteiger partial charge in [-0.1, -0.05) is 65.2 Å². The molecule has 0 aromatic carbocycles. The number of unbranched alkanes of at least 4 members (excludes halogenated alkanes) is 7. The van der Waals surface area contributed by atoms with Crippen LogP contribution in [0, 0.1) is 5.92 Å². The van der Waals surface area contributed by atoms with Crippen LogP contribution in [-0.4, -0.2) is 40.8 Å². The van der Waals surface area contributed by atoms with Crippen molar-refractivity contribution in [3.63, 3.8) is 0 Å². The number of hydrogen-bond donors (Lipinski definition) is 3. The predicted molar refractivity (Wildman–Crippen MR) is 102 cm³/mol. The normalized spacial score (nSPS) is 21.2. The van der Waals surface area contributed by atoms with Gasteiger partial charge in [0.15, 0.2) is 11.9 Å². The third-order valence-electron chi connectivity index (χ3n) is 4.88. The molecule has 0 amide bonds. The molecule has 1 aliphatic heterocycles. The lowest BCUT2D eigenvalue weighted by Gasteiger charge is -2.27. The van der Waals surface area contributed by atoms with E-state index in [1.54, 1.807) is 0 Å². The van der Waals surface area contributed by atoms with Crippen molar-refractivity contribution in [3.05, 3.63) is 11.5 Å². The van der Waals surface area contributed by atoms with Gasteiger partial charge in [0.25, 0.3) is 0 Å². The maximum Gasteiger partial charge on any atom is 0.378 e. The average molecular weight is 375 g/mol. The number of rotatable bonds is 13. The van der Waals surface area contributed by atoms with Gasteiger partial charge in [-0.05, 0) is 12.3 Å². The molecule has 0 saturated carbocycles. The van der Waals surface area contributed by atoms with Crippen LogP contribution in [0.4, 0.5) is 0 Å². The zero-order valence-electron chi connectivity index (χ0n) is 15.7. The first-order valence-electron chi connectivity index (χ1n) is 9.48. The molecule has 6 heteroatoms. The highest BCUT2D eigenvalue weighted by Gasteiger charge is 2.43. The first-order chi connectivity index (χ1) is 11.9. The molecule has 1 aliphatic rings. The van der Waals surface area contributed by atoms with Crippen LogP contribution >= 0.6 is 12.6 Å². The molecule has 0 aromatic rings. The van der Waals surface area contributed by atoms with E-state index < -0.39 is 18.2 Å². The summed E-state index contributed by atoms with van der Waals surface area (Å²) >= 11 is 4.49. The summed E-state index contributed by atoms with van der Waals surface area (Å²) < 4.78 is 9.82. The number of methoxy groups -OCH3 is 1. The average Bonchev–Trinajstić information content (AvgIpc) is 2.89. The van der Waals surface area contributed by atoms with Gasteiger partial charge < -0.3 is 19.7 Å². The van der Waals surface area contributed by atoms with E-state index in [1.165, 1.54) is 52.1 Å². The number of thiol groups is 1. The van der Waals surface area contributed by atoms with Gasteiger partial charge in [-0.25, -0.2) is 4.79 Å². The van der Waals surface area contributed by atoms with Gasteiger partial charge in [-0.3, -0.25) is 0 Å². The Morgan fingerprint density at radius 2 is 1.72 bits per heavy atom. The number of carbonyl (C=O) groups is 1. The molecule has 0 fully saturated rings. The minimum absolute atomic E-state index is 0.150. The molecule has 146 valence electrons. The summed E-state index contributed by atoms with van der Waals surface area (Å²) in [5, 5.41) is 20.0. The third kappa shape index (κ3) is 6.74. The molecule has 2 N–H and O–H groups in total. The summed E-state index contributed by atoms with van der Waals surface area (Å²) in [6, 6.07) is 0. The molecule has 0 spiro atoms. The van der Waals surface area contributed by atoms with E-state index >= 15 is 0 Å². The molecule has 1 heterocycles. The Kier molecular flexibility index (Phi) is 10.4. The maximum absolute atomic E-state index is 11.6. The SMILES string of the molecule is CCCCCCCCCC[C@H](C)[C@@H](S)[C@H](O)[C@H]1OC(=O)C(OC)=C1O. The second-order valence-corrected chi connectivity index (χ2v) is 7.56. The van der Waals surface area contributed by atoms with Crippen molar-refractivity contribution < 1.29 is 24.5 Å². The van der Waals surface area contributed by atoms with Gasteiger partial charge in [-0.15, -0.1) is 0 Å². The number of esters is 1. The minimum atomic E-state index is -1.09. The van der Waals surface area contributed by atoms with Crippen molar-refractivity contribution in [1.29, 1.82) is 0 Å². The van der Waals surface area contributed by atoms with E-state index in [-0.39, 0.29) is 22.7 Å². The molecule has 0 unspecified atom stereocenters. The maximum atomic E-state index is 11.6. The van der Waals surface area contributed by atoms with Crippen LogP contribution in [0.3, 0.4) is 0 Å². The fourth-order valence-corrected chi connectivity index (χ4v) is 3.47. The Morgan fingerprint density at radius 3 is 2.24 bits per heavy atom. The zero-order valence-corrected chi connectivity index (χ0v) is 16.6. The number of cyclic esters (lactones) is 1. The lowest BCUT2D eigenvalue weighted by Crippen LogP contribution is -2.39. The second kappa shape index (κ2) is 11.7. The third-order valence-corrected chi connectivity index (χ3v) is 5.70. The van der Waals surface area contributed by atoms with Crippen molar-refractivity contribution in [2.45, 2.75) is 89.1 Å². The highest BCUT2D eigenvalue weighted by molar-refractivity contribution is 7.81. The van der Waals surface area contributed by atoms with E-state index in [9.17, 15) is 15.0 Å². The van der Waals surface area contributed by atoms with Crippen molar-refractivity contribution in [2.75, 3.05) is 7.11 Å². The Morgan fingerprint density at radius 1 is 1.16 bits per heavy atom. The van der Waals surface area contributed by atoms with Crippen LogP contribution in [0.15, 0.2) is 11.5 Å². The fourth-order valence-electron chi connectivity index (χ4n) is 3.16. The molecule has 25 heavy (non-hydrogen) atoms. The topological polar surface area (TPSA) is 76.0 Å². The molecule has 0 saturated heterocycles. The van der Waals surface area contributed by atoms with E-state index in [0.717, 1.165) is 12.8 Å². The summed E-state index contributed by atoms with van der Waals surface area (Å²) in [6.45, 7) is 4.25. The van der Waals surface area contributed by atoms with Crippen LogP contribution in [0.25, 0.3) is 0 Å². The molecule has 1 rings (SSSR count). The van der Waals surface area contributed by atoms with Crippen LogP contribution < -0.4 is 0 Å². The van der Waals surface area contributed by atoms with Gasteiger partial charge in [0.05, 0.1) is 7.11 Å². The van der Waals surface area contributed by atoms with E-state index in [4.69, 9.17) is 9.47 Å². The lowest BCUT2D eigenvalue weighted by molar-refractivity contribution is -0.147. The van der Waals surface area contributed by atoms with Gasteiger partial charge >= 0.3 is 5.97 Å². The molecule has 0 aliphatic carbocycles. The molecule has 0 bridgehead atoms. The fraction of sp³-hybridized carbons (Fsp3) is 0.842. The molecule has 4 atom stereocenters. The van der Waals surface area contributed by atoms with Crippen molar-refractivity contribution in [1.82, 2.24) is 0 Å². The first-order valence-corrected chi connectivity index (χ1v) is 9.99. The summed E-state index contributed by atoms with van der Waals surface area (Å²) in [7, 11) is 1.28. The Labute approximate surface area is 157 Å². The number of ether oxygens (including phenoxy) is 2. The number of carbonyl (C=O) groups excluding carboxylic acids is 1. The van der Waals surface area contributed by atoms with Crippen LogP contribution in [0.1, 0.15) is 71.6 Å². The Balaban J connectivity index is 2.30. The van der Waals surface area contributed by atoms with Crippen LogP contribution in [-0.2, 0) is 14.3 Å². The molecule has 0 aromatic heterocycles. The lowest BCUT2D eigenvalue weighted by atomic mass is 9.93. The van der Waals surface area contributed by atoms with E-state index in [2.05, 4.69) is 19.6 Å². The van der Waals surface area contributed by atoms with Crippen molar-refractivity contribution >= 4 is 18.6 Å². The monoisotopic (exact) mass is 374 g/mol. The van der Waals surface area contributed by atoms with Crippen molar-refractivity contribution in [3.8, 4) is 0 Å². The Hall–Kier alpha value is -0.880. The number of aliphatic hydroxyl groups is 2. The van der Waals surface area contributed by atoms with Crippen LogP contribution in [0.2, 0.25) is 0 Å². The molecule has 5 nitrogen and oxygen atoms in total. The predicted octanol–water partition coefficient (Wildman–Crippen LogP) is 4.15. The van der Waals surface area contributed by atoms with Gasteiger partial charge in [-0.2, -0.15) is 12.6 Å². The second-order valence-electron chi connectivity index (χ2n) is 6.97. The quantitative estimate of drug-likeness (QED) is 0.256. The van der Waals surface area contributed by atoms with Gasteiger partial charge in [0.1, 0.15) is 6.10 Å². The van der Waals surface area contributed by atoms with Crippen molar-refractivity contribution in [2.24, 2.45) is 5.92 Å². The standard InChI is InChI=1S/C19H34O5S/c1-4-5-6-7-8-9-10-11-12-13(2)18(25)15(21)16-14(20)17(23-3)19(22)24-16/h13,15-16,18,20-21,25H,4-12H2,1-3H3/t13-,15+,16-,18+/m0/s1. The molecular formula is C19H34O5S. The van der Waals surface area contributed by atoms with Gasteiger partial charge in [0, 0.05) is 5.25 Å². The molecular weight excluding hydrogens is 340 g/mol. The van der Waals surface area contributed by atoms with E-state index in [0.29, 0.717) is 0 Å². The summed E-state index contributed by atoms with van der Waals surface area (Å²) in [5.74, 6) is -1.18. The van der Waals surface area contributed by atoms with Crippen LogP contribution in [0.5, 0.6) is 0 Å².